The molecule has 5 nitrogen and oxygen atoms in total. The van der Waals surface area contributed by atoms with E-state index in [0.717, 1.165) is 12.0 Å². The molecule has 0 spiro atoms. The predicted molar refractivity (Wildman–Crippen MR) is 100 cm³/mol. The van der Waals surface area contributed by atoms with Crippen molar-refractivity contribution < 1.29 is 9.59 Å². The molecule has 0 fully saturated rings. The van der Waals surface area contributed by atoms with Gasteiger partial charge in [-0.25, -0.2) is 0 Å². The third kappa shape index (κ3) is 7.79. The molecule has 24 heavy (non-hydrogen) atoms. The molecule has 1 aromatic rings. The van der Waals surface area contributed by atoms with Gasteiger partial charge in [-0.2, -0.15) is 0 Å². The summed E-state index contributed by atoms with van der Waals surface area (Å²) < 4.78 is 0. The molecule has 0 saturated carbocycles. The number of carbonyl (C=O) groups is 2. The zero-order valence-electron chi connectivity index (χ0n) is 14.8. The molecule has 0 bridgehead atoms. The molecule has 0 aromatic heterocycles. The standard InChI is InChI=1S/C18H29N3O2.ClH/c1-4-5-6-14-7-9-15(10-8-14)18(13(2)3)21-17(23)12-20-16(22)11-19;/h7-10,13,18H,4-6,11-12,19H2,1-3H3,(H,20,22)(H,21,23);1H. The van der Waals surface area contributed by atoms with E-state index in [4.69, 9.17) is 5.73 Å². The van der Waals surface area contributed by atoms with Gasteiger partial charge in [0.15, 0.2) is 0 Å². The number of amides is 2. The second kappa shape index (κ2) is 11.9. The first-order valence-corrected chi connectivity index (χ1v) is 8.32. The molecular formula is C18H30ClN3O2. The molecule has 0 aliphatic rings. The molecule has 0 aliphatic heterocycles. The van der Waals surface area contributed by atoms with Crippen molar-refractivity contribution in [3.05, 3.63) is 35.4 Å². The number of carbonyl (C=O) groups excluding carboxylic acids is 2. The number of hydrogen-bond donors (Lipinski definition) is 3. The fraction of sp³-hybridized carbons (Fsp3) is 0.556. The summed E-state index contributed by atoms with van der Waals surface area (Å²) in [7, 11) is 0. The molecule has 6 heteroatoms. The largest absolute Gasteiger partial charge is 0.348 e. The maximum atomic E-state index is 12.0. The first-order chi connectivity index (χ1) is 11.0. The van der Waals surface area contributed by atoms with Crippen molar-refractivity contribution in [2.75, 3.05) is 13.1 Å². The number of benzene rings is 1. The average Bonchev–Trinajstić information content (AvgIpc) is 2.55. The number of rotatable bonds is 9. The van der Waals surface area contributed by atoms with Crippen molar-refractivity contribution in [3.8, 4) is 0 Å². The summed E-state index contributed by atoms with van der Waals surface area (Å²) in [4.78, 5) is 23.1. The van der Waals surface area contributed by atoms with E-state index in [0.29, 0.717) is 0 Å². The molecule has 1 atom stereocenters. The summed E-state index contributed by atoms with van der Waals surface area (Å²) in [5.74, 6) is -0.285. The van der Waals surface area contributed by atoms with E-state index in [2.05, 4.69) is 55.7 Å². The van der Waals surface area contributed by atoms with Crippen molar-refractivity contribution in [2.45, 2.75) is 46.1 Å². The van der Waals surface area contributed by atoms with Crippen molar-refractivity contribution in [3.63, 3.8) is 0 Å². The van der Waals surface area contributed by atoms with Crippen LogP contribution in [0.3, 0.4) is 0 Å². The SMILES string of the molecule is CCCCc1ccc(C(NC(=O)CNC(=O)CN)C(C)C)cc1.Cl. The van der Waals surface area contributed by atoms with Gasteiger partial charge in [-0.15, -0.1) is 12.4 Å². The van der Waals surface area contributed by atoms with Crippen LogP contribution >= 0.6 is 12.4 Å². The number of nitrogens with one attached hydrogen (secondary N) is 2. The van der Waals surface area contributed by atoms with Crippen LogP contribution in [0.25, 0.3) is 0 Å². The number of unbranched alkanes of at least 4 members (excludes halogenated alkanes) is 1. The van der Waals surface area contributed by atoms with E-state index >= 15 is 0 Å². The van der Waals surface area contributed by atoms with Crippen LogP contribution in [0, 0.1) is 5.92 Å². The highest BCUT2D eigenvalue weighted by atomic mass is 35.5. The first-order valence-electron chi connectivity index (χ1n) is 8.32. The second-order valence-corrected chi connectivity index (χ2v) is 6.12. The third-order valence-electron chi connectivity index (χ3n) is 3.77. The monoisotopic (exact) mass is 355 g/mol. The Morgan fingerprint density at radius 3 is 2.25 bits per heavy atom. The Morgan fingerprint density at radius 2 is 1.75 bits per heavy atom. The van der Waals surface area contributed by atoms with E-state index in [-0.39, 0.29) is 49.3 Å². The van der Waals surface area contributed by atoms with E-state index < -0.39 is 0 Å². The third-order valence-corrected chi connectivity index (χ3v) is 3.77. The van der Waals surface area contributed by atoms with Gasteiger partial charge >= 0.3 is 0 Å². The molecular weight excluding hydrogens is 326 g/mol. The quantitative estimate of drug-likeness (QED) is 0.635. The maximum absolute atomic E-state index is 12.0. The normalized spacial score (nSPS) is 11.5. The molecule has 0 saturated heterocycles. The van der Waals surface area contributed by atoms with Gasteiger partial charge in [0.25, 0.3) is 0 Å². The molecule has 0 aliphatic carbocycles. The summed E-state index contributed by atoms with van der Waals surface area (Å²) in [6.07, 6.45) is 3.45. The van der Waals surface area contributed by atoms with Gasteiger partial charge in [0.05, 0.1) is 19.1 Å². The molecule has 2 amide bonds. The van der Waals surface area contributed by atoms with Gasteiger partial charge in [-0.3, -0.25) is 9.59 Å². The van der Waals surface area contributed by atoms with Gasteiger partial charge < -0.3 is 16.4 Å². The number of nitrogens with two attached hydrogens (primary N) is 1. The van der Waals surface area contributed by atoms with E-state index in [1.807, 2.05) is 0 Å². The van der Waals surface area contributed by atoms with Crippen LogP contribution in [0.4, 0.5) is 0 Å². The average molecular weight is 356 g/mol. The van der Waals surface area contributed by atoms with Gasteiger partial charge in [-0.1, -0.05) is 51.5 Å². The Bertz CT molecular complexity index is 503. The summed E-state index contributed by atoms with van der Waals surface area (Å²) in [6, 6.07) is 8.34. The summed E-state index contributed by atoms with van der Waals surface area (Å²) in [5, 5.41) is 5.46. The number of aryl methyl sites for hydroxylation is 1. The van der Waals surface area contributed by atoms with Crippen LogP contribution in [-0.2, 0) is 16.0 Å². The van der Waals surface area contributed by atoms with Gasteiger partial charge in [-0.05, 0) is 29.9 Å². The Morgan fingerprint density at radius 1 is 1.12 bits per heavy atom. The smallest absolute Gasteiger partial charge is 0.239 e. The Balaban J connectivity index is 0.00000529. The topological polar surface area (TPSA) is 84.2 Å². The fourth-order valence-electron chi connectivity index (χ4n) is 2.38. The second-order valence-electron chi connectivity index (χ2n) is 6.12. The molecule has 1 rings (SSSR count). The number of hydrogen-bond acceptors (Lipinski definition) is 3. The summed E-state index contributed by atoms with van der Waals surface area (Å²) >= 11 is 0. The van der Waals surface area contributed by atoms with Crippen molar-refractivity contribution >= 4 is 24.2 Å². The van der Waals surface area contributed by atoms with Crippen LogP contribution in [0.2, 0.25) is 0 Å². The minimum absolute atomic E-state index is 0. The molecule has 0 radical (unpaired) electrons. The van der Waals surface area contributed by atoms with Crippen LogP contribution < -0.4 is 16.4 Å². The van der Waals surface area contributed by atoms with Crippen molar-refractivity contribution in [1.29, 1.82) is 0 Å². The lowest BCUT2D eigenvalue weighted by atomic mass is 9.94. The lowest BCUT2D eigenvalue weighted by Gasteiger charge is -2.23. The summed E-state index contributed by atoms with van der Waals surface area (Å²) in [6.45, 7) is 6.15. The molecule has 4 N–H and O–H groups in total. The Hall–Kier alpha value is -1.59. The van der Waals surface area contributed by atoms with Crippen molar-refractivity contribution in [1.82, 2.24) is 10.6 Å². The van der Waals surface area contributed by atoms with Crippen LogP contribution in [-0.4, -0.2) is 24.9 Å². The van der Waals surface area contributed by atoms with E-state index in [1.54, 1.807) is 0 Å². The highest BCUT2D eigenvalue weighted by Crippen LogP contribution is 2.22. The predicted octanol–water partition coefficient (Wildman–Crippen LogP) is 2.34. The van der Waals surface area contributed by atoms with E-state index in [9.17, 15) is 9.59 Å². The van der Waals surface area contributed by atoms with Gasteiger partial charge in [0, 0.05) is 0 Å². The van der Waals surface area contributed by atoms with E-state index in [1.165, 1.54) is 18.4 Å². The minimum atomic E-state index is -0.332. The first kappa shape index (κ1) is 22.4. The number of halogens is 1. The lowest BCUT2D eigenvalue weighted by molar-refractivity contribution is -0.126. The van der Waals surface area contributed by atoms with Gasteiger partial charge in [0.1, 0.15) is 0 Å². The zero-order valence-corrected chi connectivity index (χ0v) is 15.6. The van der Waals surface area contributed by atoms with Crippen LogP contribution in [0.15, 0.2) is 24.3 Å². The summed E-state index contributed by atoms with van der Waals surface area (Å²) in [5.41, 5.74) is 7.61. The molecule has 136 valence electrons. The highest BCUT2D eigenvalue weighted by Gasteiger charge is 2.18. The van der Waals surface area contributed by atoms with Crippen molar-refractivity contribution in [2.24, 2.45) is 11.7 Å². The molecule has 1 unspecified atom stereocenters. The Kier molecular flexibility index (Phi) is 11.1. The van der Waals surface area contributed by atoms with Crippen LogP contribution in [0.1, 0.15) is 50.8 Å². The molecule has 0 heterocycles. The van der Waals surface area contributed by atoms with Crippen LogP contribution in [0.5, 0.6) is 0 Å². The maximum Gasteiger partial charge on any atom is 0.239 e. The minimum Gasteiger partial charge on any atom is -0.348 e. The Labute approximate surface area is 151 Å². The molecule has 1 aromatic carbocycles. The van der Waals surface area contributed by atoms with Gasteiger partial charge in [0.2, 0.25) is 11.8 Å². The zero-order chi connectivity index (χ0) is 17.2. The lowest BCUT2D eigenvalue weighted by Crippen LogP contribution is -2.41. The highest BCUT2D eigenvalue weighted by molar-refractivity contribution is 5.86. The fourth-order valence-corrected chi connectivity index (χ4v) is 2.38.